The van der Waals surface area contributed by atoms with E-state index < -0.39 is 17.4 Å². The minimum atomic E-state index is -1.12. The number of anilines is 1. The number of amides is 1. The topological polar surface area (TPSA) is 101 Å². The summed E-state index contributed by atoms with van der Waals surface area (Å²) < 4.78 is 1.47. The molecule has 0 aliphatic heterocycles. The van der Waals surface area contributed by atoms with E-state index in [-0.39, 0.29) is 35.1 Å². The number of hydrogen-bond acceptors (Lipinski definition) is 4. The summed E-state index contributed by atoms with van der Waals surface area (Å²) in [6.07, 6.45) is -0.669. The van der Waals surface area contributed by atoms with Crippen molar-refractivity contribution >= 4 is 75.0 Å². The Hall–Kier alpha value is -3.10. The molecule has 0 aliphatic rings. The number of aromatic nitrogens is 2. The Labute approximate surface area is 244 Å². The van der Waals surface area contributed by atoms with Crippen LogP contribution in [0.5, 0.6) is 0 Å². The van der Waals surface area contributed by atoms with Crippen molar-refractivity contribution in [1.82, 2.24) is 9.55 Å². The number of rotatable bonds is 8. The predicted octanol–water partition coefficient (Wildman–Crippen LogP) is 7.80. The Bertz CT molecular complexity index is 1650. The number of nitrogens with zero attached hydrogens (tertiary/aromatic N) is 2. The van der Waals surface area contributed by atoms with E-state index in [1.807, 2.05) is 26.0 Å². The Morgan fingerprint density at radius 3 is 2.23 bits per heavy atom. The molecule has 202 valence electrons. The van der Waals surface area contributed by atoms with Crippen molar-refractivity contribution < 1.29 is 14.7 Å². The van der Waals surface area contributed by atoms with Crippen molar-refractivity contribution in [3.05, 3.63) is 79.0 Å². The lowest BCUT2D eigenvalue weighted by Gasteiger charge is -2.20. The van der Waals surface area contributed by atoms with Gasteiger partial charge in [-0.1, -0.05) is 72.4 Å². The first-order valence-corrected chi connectivity index (χ1v) is 13.5. The first kappa shape index (κ1) is 28.9. The molecule has 0 fully saturated rings. The number of hydrogen-bond donors (Lipinski definition) is 2. The Kier molecular flexibility index (Phi) is 8.86. The van der Waals surface area contributed by atoms with Gasteiger partial charge in [-0.3, -0.25) is 19.0 Å². The van der Waals surface area contributed by atoms with Crippen molar-refractivity contribution in [1.29, 1.82) is 0 Å². The molecule has 2 aromatic carbocycles. The van der Waals surface area contributed by atoms with Gasteiger partial charge in [-0.15, -0.1) is 0 Å². The van der Waals surface area contributed by atoms with E-state index in [1.54, 1.807) is 36.4 Å². The number of carbonyl (C=O) groups is 2. The second-order valence-electron chi connectivity index (χ2n) is 9.33. The summed E-state index contributed by atoms with van der Waals surface area (Å²) >= 11 is 25.4. The van der Waals surface area contributed by atoms with Crippen LogP contribution < -0.4 is 10.9 Å². The van der Waals surface area contributed by atoms with E-state index in [0.717, 1.165) is 5.56 Å². The summed E-state index contributed by atoms with van der Waals surface area (Å²) in [6, 6.07) is 13.9. The first-order chi connectivity index (χ1) is 18.5. The molecule has 0 spiro atoms. The van der Waals surface area contributed by atoms with Crippen LogP contribution in [0.15, 0.2) is 53.3 Å². The number of carboxylic acids is 1. The minimum absolute atomic E-state index is 0.0588. The minimum Gasteiger partial charge on any atom is -0.481 e. The molecule has 7 nitrogen and oxygen atoms in total. The molecular formula is C28H23Cl4N3O4. The molecule has 0 saturated carbocycles. The molecule has 1 amide bonds. The SMILES string of the molecule is CC(C)Cn1c(=O)c(Cl)c(NC(=O)CCC(=O)O)c2cc(-c3ccc(Cl)cc3)c(-c3ccc(Cl)cc3Cl)nc21. The van der Waals surface area contributed by atoms with Gasteiger partial charge in [0.25, 0.3) is 5.56 Å². The van der Waals surface area contributed by atoms with Gasteiger partial charge in [0.2, 0.25) is 5.91 Å². The van der Waals surface area contributed by atoms with Gasteiger partial charge in [-0.2, -0.15) is 0 Å². The van der Waals surface area contributed by atoms with Crippen LogP contribution in [-0.4, -0.2) is 26.5 Å². The largest absolute Gasteiger partial charge is 0.481 e. The van der Waals surface area contributed by atoms with Crippen LogP contribution >= 0.6 is 46.4 Å². The molecule has 2 N–H and O–H groups in total. The van der Waals surface area contributed by atoms with Gasteiger partial charge >= 0.3 is 5.97 Å². The number of pyridine rings is 2. The smallest absolute Gasteiger partial charge is 0.303 e. The summed E-state index contributed by atoms with van der Waals surface area (Å²) in [7, 11) is 0. The van der Waals surface area contributed by atoms with Gasteiger partial charge in [0.05, 0.1) is 22.8 Å². The van der Waals surface area contributed by atoms with Crippen molar-refractivity contribution in [2.45, 2.75) is 33.2 Å². The fourth-order valence-corrected chi connectivity index (χ4v) is 5.02. The van der Waals surface area contributed by atoms with E-state index in [4.69, 9.17) is 56.5 Å². The zero-order valence-corrected chi connectivity index (χ0v) is 23.9. The van der Waals surface area contributed by atoms with Crippen LogP contribution in [0.3, 0.4) is 0 Å². The average molecular weight is 607 g/mol. The van der Waals surface area contributed by atoms with Crippen LogP contribution in [0.25, 0.3) is 33.4 Å². The fraction of sp³-hybridized carbons (Fsp3) is 0.214. The molecule has 2 aromatic heterocycles. The zero-order chi connectivity index (χ0) is 28.4. The van der Waals surface area contributed by atoms with Gasteiger partial charge in [0.1, 0.15) is 10.7 Å². The van der Waals surface area contributed by atoms with Crippen LogP contribution in [0.4, 0.5) is 5.69 Å². The molecule has 11 heteroatoms. The number of carboxylic acid groups (broad SMARTS) is 1. The number of aliphatic carboxylic acids is 1. The normalized spacial score (nSPS) is 11.3. The number of benzene rings is 2. The quantitative estimate of drug-likeness (QED) is 0.213. The highest BCUT2D eigenvalue weighted by atomic mass is 35.5. The molecule has 0 bridgehead atoms. The maximum atomic E-state index is 13.4. The highest BCUT2D eigenvalue weighted by Gasteiger charge is 2.23. The lowest BCUT2D eigenvalue weighted by Crippen LogP contribution is -2.26. The van der Waals surface area contributed by atoms with Crippen LogP contribution in [0, 0.1) is 5.92 Å². The highest BCUT2D eigenvalue weighted by molar-refractivity contribution is 6.37. The third-order valence-electron chi connectivity index (χ3n) is 5.90. The molecular weight excluding hydrogens is 584 g/mol. The van der Waals surface area contributed by atoms with E-state index >= 15 is 0 Å². The molecule has 4 rings (SSSR count). The van der Waals surface area contributed by atoms with Gasteiger partial charge in [-0.25, -0.2) is 4.98 Å². The van der Waals surface area contributed by atoms with Gasteiger partial charge in [-0.05, 0) is 47.9 Å². The monoisotopic (exact) mass is 605 g/mol. The highest BCUT2D eigenvalue weighted by Crippen LogP contribution is 2.40. The lowest BCUT2D eigenvalue weighted by atomic mass is 9.97. The summed E-state index contributed by atoms with van der Waals surface area (Å²) in [5, 5.41) is 13.2. The molecule has 0 saturated heterocycles. The van der Waals surface area contributed by atoms with Crippen molar-refractivity contribution in [3.8, 4) is 22.4 Å². The van der Waals surface area contributed by atoms with Crippen molar-refractivity contribution in [3.63, 3.8) is 0 Å². The van der Waals surface area contributed by atoms with Crippen LogP contribution in [0.2, 0.25) is 20.1 Å². The molecule has 0 aliphatic carbocycles. The molecule has 4 aromatic rings. The first-order valence-electron chi connectivity index (χ1n) is 12.0. The van der Waals surface area contributed by atoms with Crippen LogP contribution in [0.1, 0.15) is 26.7 Å². The third kappa shape index (κ3) is 6.39. The second kappa shape index (κ2) is 12.0. The summed E-state index contributed by atoms with van der Waals surface area (Å²) in [4.78, 5) is 42.0. The molecule has 0 radical (unpaired) electrons. The maximum Gasteiger partial charge on any atom is 0.303 e. The fourth-order valence-electron chi connectivity index (χ4n) is 4.15. The molecule has 2 heterocycles. The number of fused-ring (bicyclic) bond motifs is 1. The standard InChI is InChI=1S/C28H23Cl4N3O4/c1-14(2)13-35-27-20(26(24(32)28(35)39)33-22(36)9-10-23(37)38)12-19(15-3-5-16(29)6-4-15)25(34-27)18-8-7-17(30)11-21(18)31/h3-8,11-12,14H,9-10,13H2,1-2H3,(H,33,36)(H,37,38). The Morgan fingerprint density at radius 2 is 1.62 bits per heavy atom. The molecule has 0 atom stereocenters. The third-order valence-corrected chi connectivity index (χ3v) is 7.05. The summed E-state index contributed by atoms with van der Waals surface area (Å²) in [5.74, 6) is -1.65. The maximum absolute atomic E-state index is 13.4. The Balaban J connectivity index is 2.08. The molecule has 0 unspecified atom stereocenters. The summed E-state index contributed by atoms with van der Waals surface area (Å²) in [6.45, 7) is 4.21. The van der Waals surface area contributed by atoms with Crippen molar-refractivity contribution in [2.75, 3.05) is 5.32 Å². The van der Waals surface area contributed by atoms with E-state index in [1.165, 1.54) is 4.57 Å². The number of nitrogens with one attached hydrogen (secondary N) is 1. The average Bonchev–Trinajstić information content (AvgIpc) is 2.88. The predicted molar refractivity (Wildman–Crippen MR) is 157 cm³/mol. The number of halogens is 4. The van der Waals surface area contributed by atoms with E-state index in [2.05, 4.69) is 5.32 Å². The number of carbonyl (C=O) groups excluding carboxylic acids is 1. The van der Waals surface area contributed by atoms with Gasteiger partial charge in [0.15, 0.2) is 0 Å². The molecule has 39 heavy (non-hydrogen) atoms. The summed E-state index contributed by atoms with van der Waals surface area (Å²) in [5.41, 5.74) is 2.25. The van der Waals surface area contributed by atoms with E-state index in [9.17, 15) is 14.4 Å². The van der Waals surface area contributed by atoms with Gasteiger partial charge in [0, 0.05) is 39.5 Å². The van der Waals surface area contributed by atoms with Crippen molar-refractivity contribution in [2.24, 2.45) is 5.92 Å². The Morgan fingerprint density at radius 1 is 0.949 bits per heavy atom. The van der Waals surface area contributed by atoms with Crippen LogP contribution in [-0.2, 0) is 16.1 Å². The van der Waals surface area contributed by atoms with Gasteiger partial charge < -0.3 is 10.4 Å². The zero-order valence-electron chi connectivity index (χ0n) is 20.9. The lowest BCUT2D eigenvalue weighted by molar-refractivity contribution is -0.138. The van der Waals surface area contributed by atoms with E-state index in [0.29, 0.717) is 43.8 Å². The second-order valence-corrected chi connectivity index (χ2v) is 11.0.